The summed E-state index contributed by atoms with van der Waals surface area (Å²) in [6, 6.07) is 16.2. The third kappa shape index (κ3) is 5.10. The number of ether oxygens (including phenoxy) is 1. The van der Waals surface area contributed by atoms with Crippen molar-refractivity contribution in [3.63, 3.8) is 0 Å². The zero-order chi connectivity index (χ0) is 18.5. The van der Waals surface area contributed by atoms with Crippen LogP contribution in [-0.2, 0) is 24.1 Å². The molecule has 0 aliphatic carbocycles. The highest BCUT2D eigenvalue weighted by molar-refractivity contribution is 5.85. The number of nitrogens with two attached hydrogens (primary N) is 1. The molecular weight excluding hydrogens is 376 g/mol. The van der Waals surface area contributed by atoms with E-state index >= 15 is 0 Å². The van der Waals surface area contributed by atoms with E-state index in [0.29, 0.717) is 18.1 Å². The zero-order valence-electron chi connectivity index (χ0n) is 15.7. The van der Waals surface area contributed by atoms with Crippen molar-refractivity contribution in [2.24, 2.45) is 0 Å². The average Bonchev–Trinajstić information content (AvgIpc) is 3.18. The van der Waals surface area contributed by atoms with E-state index in [1.54, 1.807) is 0 Å². The third-order valence-corrected chi connectivity index (χ3v) is 4.85. The van der Waals surface area contributed by atoms with Crippen LogP contribution in [-0.4, -0.2) is 41.3 Å². The normalized spacial score (nSPS) is 14.6. The second-order valence-electron chi connectivity index (χ2n) is 6.80. The summed E-state index contributed by atoms with van der Waals surface area (Å²) >= 11 is 0. The lowest BCUT2D eigenvalue weighted by Gasteiger charge is -2.26. The fourth-order valence-electron chi connectivity index (χ4n) is 3.25. The molecule has 1 aliphatic rings. The average molecular weight is 401 g/mol. The molecule has 0 amide bonds. The lowest BCUT2D eigenvalue weighted by atomic mass is 10.1. The van der Waals surface area contributed by atoms with Crippen LogP contribution in [0.15, 0.2) is 53.1 Å². The van der Waals surface area contributed by atoms with Gasteiger partial charge in [0.1, 0.15) is 0 Å². The summed E-state index contributed by atoms with van der Waals surface area (Å²) in [5, 5.41) is 4.12. The molecule has 2 heterocycles. The number of nitrogen functional groups attached to an aromatic ring is 1. The van der Waals surface area contributed by atoms with Gasteiger partial charge in [0.25, 0.3) is 0 Å². The highest BCUT2D eigenvalue weighted by Crippen LogP contribution is 2.19. The van der Waals surface area contributed by atoms with Crippen molar-refractivity contribution < 1.29 is 9.26 Å². The maximum atomic E-state index is 5.99. The van der Waals surface area contributed by atoms with E-state index in [4.69, 9.17) is 15.0 Å². The molecule has 1 aromatic heterocycles. The van der Waals surface area contributed by atoms with Gasteiger partial charge in [0.05, 0.1) is 13.2 Å². The van der Waals surface area contributed by atoms with E-state index in [1.807, 2.05) is 24.3 Å². The van der Waals surface area contributed by atoms with Crippen molar-refractivity contribution in [1.29, 1.82) is 0 Å². The second-order valence-corrected chi connectivity index (χ2v) is 6.80. The summed E-state index contributed by atoms with van der Waals surface area (Å²) < 4.78 is 10.8. The Balaban J connectivity index is 0.00000225. The first-order chi connectivity index (χ1) is 13.3. The summed E-state index contributed by atoms with van der Waals surface area (Å²) in [4.78, 5) is 6.93. The smallest absolute Gasteiger partial charge is 0.227 e. The Kier molecular flexibility index (Phi) is 7.03. The number of anilines is 1. The van der Waals surface area contributed by atoms with E-state index in [-0.39, 0.29) is 12.4 Å². The van der Waals surface area contributed by atoms with Gasteiger partial charge in [-0.1, -0.05) is 47.6 Å². The van der Waals surface area contributed by atoms with Crippen LogP contribution < -0.4 is 5.73 Å². The van der Waals surface area contributed by atoms with Gasteiger partial charge in [-0.3, -0.25) is 4.90 Å². The Bertz CT molecular complexity index is 876. The lowest BCUT2D eigenvalue weighted by molar-refractivity contribution is 0.0342. The first-order valence-electron chi connectivity index (χ1n) is 9.33. The van der Waals surface area contributed by atoms with Crippen LogP contribution >= 0.6 is 12.4 Å². The van der Waals surface area contributed by atoms with Crippen LogP contribution in [0, 0.1) is 0 Å². The molecule has 1 saturated heterocycles. The summed E-state index contributed by atoms with van der Waals surface area (Å²) in [7, 11) is 0. The first-order valence-corrected chi connectivity index (χ1v) is 9.33. The van der Waals surface area contributed by atoms with Crippen molar-refractivity contribution in [3.05, 3.63) is 65.5 Å². The van der Waals surface area contributed by atoms with Crippen molar-refractivity contribution >= 4 is 18.1 Å². The predicted octanol–water partition coefficient (Wildman–Crippen LogP) is 3.36. The molecule has 4 rings (SSSR count). The molecule has 0 atom stereocenters. The standard InChI is InChI=1S/C21H24N4O2.ClH/c22-19-4-2-1-3-17(19)9-10-20-23-21(24-27-20)18-7-5-16(6-8-18)15-25-11-13-26-14-12-25;/h1-8H,9-15,22H2;1H. The third-order valence-electron chi connectivity index (χ3n) is 4.85. The van der Waals surface area contributed by atoms with Crippen molar-refractivity contribution in [2.75, 3.05) is 32.0 Å². The zero-order valence-corrected chi connectivity index (χ0v) is 16.5. The van der Waals surface area contributed by atoms with Gasteiger partial charge in [0.15, 0.2) is 0 Å². The molecule has 2 aromatic carbocycles. The van der Waals surface area contributed by atoms with Crippen LogP contribution in [0.2, 0.25) is 0 Å². The molecule has 2 N–H and O–H groups in total. The van der Waals surface area contributed by atoms with Gasteiger partial charge in [-0.2, -0.15) is 4.98 Å². The maximum absolute atomic E-state index is 5.99. The summed E-state index contributed by atoms with van der Waals surface area (Å²) in [6.07, 6.45) is 1.46. The van der Waals surface area contributed by atoms with Crippen LogP contribution in [0.3, 0.4) is 0 Å². The Morgan fingerprint density at radius 1 is 0.964 bits per heavy atom. The number of halogens is 1. The monoisotopic (exact) mass is 400 g/mol. The highest BCUT2D eigenvalue weighted by atomic mass is 35.5. The molecule has 6 nitrogen and oxygen atoms in total. The minimum atomic E-state index is 0. The van der Waals surface area contributed by atoms with Gasteiger partial charge in [-0.15, -0.1) is 12.4 Å². The highest BCUT2D eigenvalue weighted by Gasteiger charge is 2.12. The van der Waals surface area contributed by atoms with Crippen LogP contribution in [0.4, 0.5) is 5.69 Å². The van der Waals surface area contributed by atoms with Crippen LogP contribution in [0.1, 0.15) is 17.0 Å². The number of aromatic nitrogens is 2. The van der Waals surface area contributed by atoms with Gasteiger partial charge in [-0.05, 0) is 23.6 Å². The van der Waals surface area contributed by atoms with E-state index in [0.717, 1.165) is 56.1 Å². The number of hydrogen-bond donors (Lipinski definition) is 1. The minimum Gasteiger partial charge on any atom is -0.399 e. The largest absolute Gasteiger partial charge is 0.399 e. The molecule has 0 radical (unpaired) electrons. The lowest BCUT2D eigenvalue weighted by Crippen LogP contribution is -2.35. The Morgan fingerprint density at radius 3 is 2.46 bits per heavy atom. The fraction of sp³-hybridized carbons (Fsp3) is 0.333. The molecule has 1 fully saturated rings. The molecule has 28 heavy (non-hydrogen) atoms. The molecule has 0 bridgehead atoms. The molecule has 3 aromatic rings. The van der Waals surface area contributed by atoms with Crippen molar-refractivity contribution in [1.82, 2.24) is 15.0 Å². The number of morpholine rings is 1. The number of hydrogen-bond acceptors (Lipinski definition) is 6. The number of aryl methyl sites for hydroxylation is 2. The Hall–Kier alpha value is -2.41. The maximum Gasteiger partial charge on any atom is 0.227 e. The number of para-hydroxylation sites is 1. The number of nitrogens with zero attached hydrogens (tertiary/aromatic N) is 3. The van der Waals surface area contributed by atoms with Crippen LogP contribution in [0.25, 0.3) is 11.4 Å². The van der Waals surface area contributed by atoms with Gasteiger partial charge in [-0.25, -0.2) is 0 Å². The van der Waals surface area contributed by atoms with E-state index in [1.165, 1.54) is 5.56 Å². The number of benzene rings is 2. The summed E-state index contributed by atoms with van der Waals surface area (Å²) in [6.45, 7) is 4.56. The molecule has 0 saturated carbocycles. The molecule has 7 heteroatoms. The molecular formula is C21H25ClN4O2. The Morgan fingerprint density at radius 2 is 1.71 bits per heavy atom. The molecule has 0 unspecified atom stereocenters. The SMILES string of the molecule is Cl.Nc1ccccc1CCc1nc(-c2ccc(CN3CCOCC3)cc2)no1. The summed E-state index contributed by atoms with van der Waals surface area (Å²) in [5.41, 5.74) is 10.1. The molecule has 0 spiro atoms. The van der Waals surface area contributed by atoms with E-state index < -0.39 is 0 Å². The predicted molar refractivity (Wildman–Crippen MR) is 111 cm³/mol. The van der Waals surface area contributed by atoms with Crippen LogP contribution in [0.5, 0.6) is 0 Å². The molecule has 148 valence electrons. The second kappa shape index (κ2) is 9.68. The van der Waals surface area contributed by atoms with Gasteiger partial charge >= 0.3 is 0 Å². The molecule has 1 aliphatic heterocycles. The topological polar surface area (TPSA) is 77.4 Å². The van der Waals surface area contributed by atoms with E-state index in [9.17, 15) is 0 Å². The Labute approximate surface area is 171 Å². The minimum absolute atomic E-state index is 0. The first kappa shape index (κ1) is 20.3. The van der Waals surface area contributed by atoms with Gasteiger partial charge in [0.2, 0.25) is 11.7 Å². The fourth-order valence-corrected chi connectivity index (χ4v) is 3.25. The van der Waals surface area contributed by atoms with Gasteiger partial charge < -0.3 is 15.0 Å². The number of rotatable bonds is 6. The quantitative estimate of drug-likeness (QED) is 0.639. The summed E-state index contributed by atoms with van der Waals surface area (Å²) in [5.74, 6) is 1.26. The van der Waals surface area contributed by atoms with Crippen molar-refractivity contribution in [3.8, 4) is 11.4 Å². The van der Waals surface area contributed by atoms with Crippen molar-refractivity contribution in [2.45, 2.75) is 19.4 Å². The van der Waals surface area contributed by atoms with Gasteiger partial charge in [0, 0.05) is 37.3 Å². The van der Waals surface area contributed by atoms with E-state index in [2.05, 4.69) is 39.3 Å².